The maximum atomic E-state index is 3.31. The van der Waals surface area contributed by atoms with Crippen molar-refractivity contribution in [1.82, 2.24) is 4.57 Å². The lowest BCUT2D eigenvalue weighted by molar-refractivity contribution is -0.702. The van der Waals surface area contributed by atoms with Crippen LogP contribution < -0.4 is 4.57 Å². The second-order valence-electron chi connectivity index (χ2n) is 7.85. The van der Waals surface area contributed by atoms with Gasteiger partial charge in [-0.3, -0.25) is 0 Å². The first-order valence-corrected chi connectivity index (χ1v) is 13.2. The maximum Gasteiger partial charge on any atom is 0.254 e. The lowest BCUT2D eigenvalue weighted by Crippen LogP contribution is -2.35. The molecule has 0 amide bonds. The highest BCUT2D eigenvalue weighted by Crippen LogP contribution is 2.13. The van der Waals surface area contributed by atoms with Gasteiger partial charge < -0.3 is 0 Å². The number of aryl methyl sites for hydroxylation is 1. The van der Waals surface area contributed by atoms with Crippen LogP contribution in [-0.2, 0) is 13.1 Å². The molecule has 23 heavy (non-hydrogen) atoms. The van der Waals surface area contributed by atoms with Gasteiger partial charge in [-0.25, -0.2) is 9.13 Å². The summed E-state index contributed by atoms with van der Waals surface area (Å²) in [6.45, 7) is 13.8. The van der Waals surface area contributed by atoms with Crippen LogP contribution in [0.25, 0.3) is 0 Å². The number of unbranched alkanes of at least 4 members (excludes halogenated alkanes) is 5. The highest BCUT2D eigenvalue weighted by Gasteiger charge is 2.13. The van der Waals surface area contributed by atoms with E-state index in [0.29, 0.717) is 0 Å². The second kappa shape index (κ2) is 10.7. The number of aromatic nitrogens is 2. The molecule has 3 heteroatoms. The molecule has 0 bridgehead atoms. The van der Waals surface area contributed by atoms with Gasteiger partial charge in [-0.2, -0.15) is 0 Å². The van der Waals surface area contributed by atoms with Gasteiger partial charge in [-0.1, -0.05) is 63.7 Å². The number of imidazole rings is 1. The minimum Gasteiger partial charge on any atom is -0.234 e. The summed E-state index contributed by atoms with van der Waals surface area (Å²) in [7, 11) is -0.847. The summed E-state index contributed by atoms with van der Waals surface area (Å²) >= 11 is 0. The lowest BCUT2D eigenvalue weighted by atomic mass is 10.2. The third kappa shape index (κ3) is 9.00. The molecule has 1 rings (SSSR count). The molecule has 130 valence electrons. The van der Waals surface area contributed by atoms with Crippen molar-refractivity contribution in [3.05, 3.63) is 18.2 Å². The Balaban J connectivity index is 2.29. The van der Waals surface area contributed by atoms with E-state index in [4.69, 9.17) is 0 Å². The monoisotopic (exact) mass is 333 g/mol. The number of nitrogens with zero attached hydrogens (tertiary/aromatic N) is 2. The van der Waals surface area contributed by atoms with Crippen molar-refractivity contribution < 1.29 is 4.57 Å². The zero-order valence-electron chi connectivity index (χ0n) is 16.1. The van der Waals surface area contributed by atoms with E-state index >= 15 is 0 Å². The Morgan fingerprint density at radius 1 is 1.04 bits per heavy atom. The Bertz CT molecular complexity index is 500. The van der Waals surface area contributed by atoms with Gasteiger partial charge >= 0.3 is 0 Å². The molecule has 1 aromatic heterocycles. The van der Waals surface area contributed by atoms with Crippen LogP contribution in [0.2, 0.25) is 25.7 Å². The molecule has 0 aliphatic heterocycles. The molecule has 0 aliphatic carbocycles. The van der Waals surface area contributed by atoms with Crippen molar-refractivity contribution in [1.29, 1.82) is 0 Å². The van der Waals surface area contributed by atoms with Crippen LogP contribution in [0.3, 0.4) is 0 Å². The molecule has 0 spiro atoms. The zero-order valence-corrected chi connectivity index (χ0v) is 17.1. The summed E-state index contributed by atoms with van der Waals surface area (Å²) in [4.78, 5) is 0. The van der Waals surface area contributed by atoms with Crippen molar-refractivity contribution in [3.63, 3.8) is 0 Å². The van der Waals surface area contributed by atoms with Gasteiger partial charge in [-0.15, -0.1) is 0 Å². The van der Waals surface area contributed by atoms with Gasteiger partial charge in [0.1, 0.15) is 12.4 Å². The SMILES string of the molecule is CCCCCC#CCn1cc[n+](CCCCC[Si](C)(C)C)c1C. The van der Waals surface area contributed by atoms with E-state index in [1.165, 1.54) is 50.4 Å². The topological polar surface area (TPSA) is 8.81 Å². The van der Waals surface area contributed by atoms with Crippen molar-refractivity contribution >= 4 is 8.07 Å². The first-order valence-electron chi connectivity index (χ1n) is 9.45. The average Bonchev–Trinajstić information content (AvgIpc) is 2.82. The second-order valence-corrected chi connectivity index (χ2v) is 13.5. The first-order chi connectivity index (χ1) is 10.9. The fraction of sp³-hybridized carbons (Fsp3) is 0.750. The molecule has 0 atom stereocenters. The summed E-state index contributed by atoms with van der Waals surface area (Å²) in [5.74, 6) is 7.95. The van der Waals surface area contributed by atoms with E-state index in [1.54, 1.807) is 0 Å². The van der Waals surface area contributed by atoms with Crippen LogP contribution in [0, 0.1) is 18.8 Å². The molecule has 0 N–H and O–H groups in total. The van der Waals surface area contributed by atoms with E-state index in [-0.39, 0.29) is 0 Å². The first kappa shape index (κ1) is 20.0. The van der Waals surface area contributed by atoms with Gasteiger partial charge in [0.25, 0.3) is 5.82 Å². The van der Waals surface area contributed by atoms with Gasteiger partial charge in [0.05, 0.1) is 6.54 Å². The van der Waals surface area contributed by atoms with Crippen LogP contribution >= 0.6 is 0 Å². The van der Waals surface area contributed by atoms with E-state index in [2.05, 4.69) is 66.9 Å². The van der Waals surface area contributed by atoms with Crippen LogP contribution in [0.4, 0.5) is 0 Å². The van der Waals surface area contributed by atoms with Gasteiger partial charge in [0, 0.05) is 21.4 Å². The maximum absolute atomic E-state index is 3.31. The summed E-state index contributed by atoms with van der Waals surface area (Å²) in [5, 5.41) is 0. The Labute approximate surface area is 145 Å². The zero-order chi connectivity index (χ0) is 17.1. The molecule has 2 nitrogen and oxygen atoms in total. The molecular formula is C20H37N2Si+. The quantitative estimate of drug-likeness (QED) is 0.241. The van der Waals surface area contributed by atoms with Crippen molar-refractivity contribution in [2.75, 3.05) is 0 Å². The molecule has 1 aromatic rings. The van der Waals surface area contributed by atoms with E-state index in [9.17, 15) is 0 Å². The highest BCUT2D eigenvalue weighted by atomic mass is 28.3. The average molecular weight is 334 g/mol. The Morgan fingerprint density at radius 3 is 2.52 bits per heavy atom. The number of hydrogen-bond donors (Lipinski definition) is 0. The number of hydrogen-bond acceptors (Lipinski definition) is 0. The standard InChI is InChI=1S/C20H37N2Si/c1-6-7-8-9-10-12-15-21-17-18-22(20(21)2)16-13-11-14-19-23(3,4)5/h17-18H,6-9,11,13-16,19H2,1-5H3/q+1. The van der Waals surface area contributed by atoms with Crippen molar-refractivity contribution in [2.45, 2.75) is 97.6 Å². The third-order valence-corrected chi connectivity index (χ3v) is 6.22. The fourth-order valence-electron chi connectivity index (χ4n) is 2.75. The molecule has 0 saturated carbocycles. The van der Waals surface area contributed by atoms with Crippen LogP contribution in [-0.4, -0.2) is 12.6 Å². The van der Waals surface area contributed by atoms with E-state index < -0.39 is 8.07 Å². The van der Waals surface area contributed by atoms with Gasteiger partial charge in [-0.05, 0) is 19.3 Å². The molecule has 0 saturated heterocycles. The van der Waals surface area contributed by atoms with Crippen molar-refractivity contribution in [2.24, 2.45) is 0 Å². The predicted molar refractivity (Wildman–Crippen MR) is 103 cm³/mol. The minimum absolute atomic E-state index is 0.834. The Kier molecular flexibility index (Phi) is 9.32. The summed E-state index contributed by atoms with van der Waals surface area (Å²) in [6.07, 6.45) is 13.3. The third-order valence-electron chi connectivity index (χ3n) is 4.36. The molecule has 0 fully saturated rings. The summed E-state index contributed by atoms with van der Waals surface area (Å²) in [5.41, 5.74) is 0. The summed E-state index contributed by atoms with van der Waals surface area (Å²) < 4.78 is 4.65. The largest absolute Gasteiger partial charge is 0.254 e. The van der Waals surface area contributed by atoms with Gasteiger partial charge in [0.2, 0.25) is 0 Å². The number of rotatable bonds is 10. The summed E-state index contributed by atoms with van der Waals surface area (Å²) in [6, 6.07) is 1.46. The molecule has 0 unspecified atom stereocenters. The molecule has 0 aromatic carbocycles. The van der Waals surface area contributed by atoms with E-state index in [1.807, 2.05) is 0 Å². The predicted octanol–water partition coefficient (Wildman–Crippen LogP) is 5.18. The van der Waals surface area contributed by atoms with Crippen LogP contribution in [0.15, 0.2) is 12.4 Å². The normalized spacial score (nSPS) is 11.3. The van der Waals surface area contributed by atoms with Crippen LogP contribution in [0.1, 0.15) is 57.7 Å². The Morgan fingerprint density at radius 2 is 1.83 bits per heavy atom. The smallest absolute Gasteiger partial charge is 0.234 e. The molecule has 0 aliphatic rings. The molecule has 0 radical (unpaired) electrons. The highest BCUT2D eigenvalue weighted by molar-refractivity contribution is 6.76. The van der Waals surface area contributed by atoms with E-state index in [0.717, 1.165) is 19.5 Å². The lowest BCUT2D eigenvalue weighted by Gasteiger charge is -2.14. The van der Waals surface area contributed by atoms with Crippen LogP contribution in [0.5, 0.6) is 0 Å². The van der Waals surface area contributed by atoms with Gasteiger partial charge in [0.15, 0.2) is 6.54 Å². The minimum atomic E-state index is -0.847. The Hall–Kier alpha value is -1.01. The van der Waals surface area contributed by atoms with Crippen molar-refractivity contribution in [3.8, 4) is 11.8 Å². The molecular weight excluding hydrogens is 296 g/mol. The fourth-order valence-corrected chi connectivity index (χ4v) is 4.06. The molecule has 1 heterocycles.